The van der Waals surface area contributed by atoms with Gasteiger partial charge < -0.3 is 9.72 Å². The summed E-state index contributed by atoms with van der Waals surface area (Å²) >= 11 is 1.45. The molecule has 1 aliphatic heterocycles. The van der Waals surface area contributed by atoms with E-state index in [-0.39, 0.29) is 17.3 Å². The molecule has 0 bridgehead atoms. The molecule has 1 aliphatic rings. The fraction of sp³-hybridized carbons (Fsp3) is 0.200. The number of thioether (sulfide) groups is 1. The van der Waals surface area contributed by atoms with Gasteiger partial charge in [0.1, 0.15) is 11.4 Å². The van der Waals surface area contributed by atoms with Crippen molar-refractivity contribution in [2.75, 3.05) is 0 Å². The van der Waals surface area contributed by atoms with E-state index in [9.17, 15) is 4.79 Å². The number of nitrogens with one attached hydrogen (secondary N) is 1. The number of H-pyrrole nitrogens is 1. The van der Waals surface area contributed by atoms with Gasteiger partial charge in [-0.1, -0.05) is 72.4 Å². The van der Waals surface area contributed by atoms with Gasteiger partial charge in [-0.3, -0.25) is 4.79 Å². The van der Waals surface area contributed by atoms with Gasteiger partial charge in [-0.15, -0.1) is 0 Å². The maximum Gasteiger partial charge on any atom is 0.319 e. The lowest BCUT2D eigenvalue weighted by molar-refractivity contribution is -0.140. The number of benzene rings is 2. The molecule has 2 heterocycles. The lowest BCUT2D eigenvalue weighted by Gasteiger charge is -2.02. The van der Waals surface area contributed by atoms with Crippen LogP contribution >= 0.6 is 11.8 Å². The van der Waals surface area contributed by atoms with Gasteiger partial charge in [-0.25, -0.2) is 4.98 Å². The Hall–Kier alpha value is -2.53. The van der Waals surface area contributed by atoms with Gasteiger partial charge in [0, 0.05) is 17.5 Å². The van der Waals surface area contributed by atoms with Crippen LogP contribution in [0.3, 0.4) is 0 Å². The van der Waals surface area contributed by atoms with Crippen molar-refractivity contribution in [2.45, 2.75) is 29.9 Å². The molecule has 0 aliphatic carbocycles. The van der Waals surface area contributed by atoms with Gasteiger partial charge in [0.05, 0.1) is 11.4 Å². The smallest absolute Gasteiger partial charge is 0.319 e. The molecule has 126 valence electrons. The third kappa shape index (κ3) is 3.33. The first kappa shape index (κ1) is 16.0. The van der Waals surface area contributed by atoms with E-state index in [0.717, 1.165) is 27.7 Å². The molecule has 0 spiro atoms. The normalized spacial score (nSPS) is 19.8. The summed E-state index contributed by atoms with van der Waals surface area (Å²) in [6.45, 7) is 1.92. The number of hydrogen-bond donors (Lipinski definition) is 1. The van der Waals surface area contributed by atoms with Crippen molar-refractivity contribution in [1.29, 1.82) is 0 Å². The first-order valence-corrected chi connectivity index (χ1v) is 9.16. The van der Waals surface area contributed by atoms with Crippen molar-refractivity contribution >= 4 is 17.7 Å². The lowest BCUT2D eigenvalue weighted by atomic mass is 10.1. The third-order valence-corrected chi connectivity index (χ3v) is 5.26. The minimum atomic E-state index is -0.201. The number of carbonyl (C=O) groups excluding carboxylic acids is 1. The second-order valence-electron chi connectivity index (χ2n) is 6.09. The van der Waals surface area contributed by atoms with E-state index in [1.165, 1.54) is 11.8 Å². The van der Waals surface area contributed by atoms with Crippen LogP contribution in [0, 0.1) is 0 Å². The van der Waals surface area contributed by atoms with Crippen LogP contribution in [0.1, 0.15) is 13.3 Å². The fourth-order valence-corrected chi connectivity index (χ4v) is 4.07. The Balaban J connectivity index is 1.72. The summed E-state index contributed by atoms with van der Waals surface area (Å²) in [6, 6.07) is 20.2. The minimum absolute atomic E-state index is 0.0258. The van der Waals surface area contributed by atoms with Gasteiger partial charge in [-0.05, 0) is 6.92 Å². The molecule has 0 saturated carbocycles. The number of aromatic nitrogens is 2. The molecule has 25 heavy (non-hydrogen) atoms. The fourth-order valence-electron chi connectivity index (χ4n) is 2.98. The van der Waals surface area contributed by atoms with E-state index in [1.807, 2.05) is 55.5 Å². The first-order chi connectivity index (χ1) is 12.2. The minimum Gasteiger partial charge on any atom is -0.462 e. The zero-order chi connectivity index (χ0) is 17.2. The standard InChI is InChI=1S/C20H18N2O2S/c1-13-12-16(19(23)24-13)25-20-21-17(14-8-4-2-5-9-14)18(22-20)15-10-6-3-7-11-15/h2-11,13,16H,12H2,1H3,(H,21,22)/t13-,16-/m1/s1. The Kier molecular flexibility index (Phi) is 4.32. The molecule has 1 aromatic heterocycles. The molecule has 5 heteroatoms. The number of cyclic esters (lactones) is 1. The van der Waals surface area contributed by atoms with Crippen molar-refractivity contribution in [3.05, 3.63) is 60.7 Å². The van der Waals surface area contributed by atoms with Gasteiger partial charge in [0.25, 0.3) is 0 Å². The zero-order valence-electron chi connectivity index (χ0n) is 13.8. The van der Waals surface area contributed by atoms with Crippen molar-refractivity contribution < 1.29 is 9.53 Å². The third-order valence-electron chi connectivity index (χ3n) is 4.17. The number of ether oxygens (including phenoxy) is 1. The quantitative estimate of drug-likeness (QED) is 0.702. The average Bonchev–Trinajstić information content (AvgIpc) is 3.20. The number of esters is 1. The van der Waals surface area contributed by atoms with Crippen LogP contribution in [0.2, 0.25) is 0 Å². The summed E-state index contributed by atoms with van der Waals surface area (Å²) < 4.78 is 5.25. The van der Waals surface area contributed by atoms with Gasteiger partial charge in [-0.2, -0.15) is 0 Å². The Morgan fingerprint density at radius 1 is 1.04 bits per heavy atom. The van der Waals surface area contributed by atoms with Crippen molar-refractivity contribution in [1.82, 2.24) is 9.97 Å². The summed E-state index contributed by atoms with van der Waals surface area (Å²) in [5, 5.41) is 0.544. The highest BCUT2D eigenvalue weighted by molar-refractivity contribution is 8.00. The first-order valence-electron chi connectivity index (χ1n) is 8.28. The Bertz CT molecular complexity index is 820. The topological polar surface area (TPSA) is 55.0 Å². The number of aromatic amines is 1. The molecule has 4 nitrogen and oxygen atoms in total. The second kappa shape index (κ2) is 6.76. The molecule has 1 fully saturated rings. The summed E-state index contributed by atoms with van der Waals surface area (Å²) in [5.41, 5.74) is 3.98. The van der Waals surface area contributed by atoms with E-state index in [2.05, 4.69) is 17.1 Å². The molecular weight excluding hydrogens is 332 g/mol. The molecule has 4 rings (SSSR count). The van der Waals surface area contributed by atoms with Crippen molar-refractivity contribution in [3.63, 3.8) is 0 Å². The predicted octanol–water partition coefficient (Wildman–Crippen LogP) is 4.54. The van der Waals surface area contributed by atoms with E-state index in [1.54, 1.807) is 0 Å². The maximum absolute atomic E-state index is 11.9. The summed E-state index contributed by atoms with van der Waals surface area (Å²) in [5.74, 6) is -0.156. The molecular formula is C20H18N2O2S. The van der Waals surface area contributed by atoms with Gasteiger partial charge >= 0.3 is 5.97 Å². The van der Waals surface area contributed by atoms with Crippen LogP contribution < -0.4 is 0 Å². The van der Waals surface area contributed by atoms with Crippen LogP contribution in [0.25, 0.3) is 22.5 Å². The number of nitrogens with zero attached hydrogens (tertiary/aromatic N) is 1. The Morgan fingerprint density at radius 2 is 1.68 bits per heavy atom. The molecule has 1 saturated heterocycles. The lowest BCUT2D eigenvalue weighted by Crippen LogP contribution is -2.09. The van der Waals surface area contributed by atoms with Crippen molar-refractivity contribution in [3.8, 4) is 22.5 Å². The highest BCUT2D eigenvalue weighted by Crippen LogP contribution is 2.36. The predicted molar refractivity (Wildman–Crippen MR) is 99.3 cm³/mol. The van der Waals surface area contributed by atoms with E-state index < -0.39 is 0 Å². The van der Waals surface area contributed by atoms with Gasteiger partial charge in [0.15, 0.2) is 5.16 Å². The van der Waals surface area contributed by atoms with E-state index in [0.29, 0.717) is 6.42 Å². The largest absolute Gasteiger partial charge is 0.462 e. The van der Waals surface area contributed by atoms with Crippen LogP contribution in [0.4, 0.5) is 0 Å². The summed E-state index contributed by atoms with van der Waals surface area (Å²) in [4.78, 5) is 20.1. The van der Waals surface area contributed by atoms with E-state index in [4.69, 9.17) is 9.72 Å². The second-order valence-corrected chi connectivity index (χ2v) is 7.28. The van der Waals surface area contributed by atoms with Crippen molar-refractivity contribution in [2.24, 2.45) is 0 Å². The number of rotatable bonds is 4. The van der Waals surface area contributed by atoms with Crippen LogP contribution in [-0.2, 0) is 9.53 Å². The zero-order valence-corrected chi connectivity index (χ0v) is 14.6. The van der Waals surface area contributed by atoms with Crippen LogP contribution in [-0.4, -0.2) is 27.3 Å². The van der Waals surface area contributed by atoms with Crippen LogP contribution in [0.5, 0.6) is 0 Å². The molecule has 2 atom stereocenters. The SMILES string of the molecule is C[C@@H]1C[C@@H](Sc2nc(-c3ccccc3)c(-c3ccccc3)[nH]2)C(=O)O1. The Morgan fingerprint density at radius 3 is 2.28 bits per heavy atom. The molecule has 0 unspecified atom stereocenters. The average molecular weight is 350 g/mol. The number of carbonyl (C=O) groups is 1. The number of hydrogen-bond acceptors (Lipinski definition) is 4. The molecule has 1 N–H and O–H groups in total. The highest BCUT2D eigenvalue weighted by Gasteiger charge is 2.33. The van der Waals surface area contributed by atoms with E-state index >= 15 is 0 Å². The molecule has 2 aromatic carbocycles. The molecule has 0 radical (unpaired) electrons. The summed E-state index contributed by atoms with van der Waals surface area (Å²) in [6.07, 6.45) is 0.688. The van der Waals surface area contributed by atoms with Gasteiger partial charge in [0.2, 0.25) is 0 Å². The highest BCUT2D eigenvalue weighted by atomic mass is 32.2. The maximum atomic E-state index is 11.9. The number of imidazole rings is 1. The Labute approximate surface area is 150 Å². The molecule has 3 aromatic rings. The summed E-state index contributed by atoms with van der Waals surface area (Å²) in [7, 11) is 0. The molecule has 0 amide bonds. The monoisotopic (exact) mass is 350 g/mol. The van der Waals surface area contributed by atoms with Crippen LogP contribution in [0.15, 0.2) is 65.8 Å².